The van der Waals surface area contributed by atoms with Gasteiger partial charge in [0, 0.05) is 24.2 Å². The van der Waals surface area contributed by atoms with Gasteiger partial charge in [-0.15, -0.1) is 0 Å². The summed E-state index contributed by atoms with van der Waals surface area (Å²) in [5.41, 5.74) is 1.04. The van der Waals surface area contributed by atoms with Gasteiger partial charge in [-0.1, -0.05) is 6.42 Å². The molecule has 1 saturated heterocycles. The van der Waals surface area contributed by atoms with E-state index < -0.39 is 0 Å². The van der Waals surface area contributed by atoms with Crippen molar-refractivity contribution in [3.8, 4) is 22.8 Å². The molecule has 0 spiro atoms. The number of ether oxygens (including phenoxy) is 1. The molecule has 0 bridgehead atoms. The predicted molar refractivity (Wildman–Crippen MR) is 110 cm³/mol. The molecule has 0 unspecified atom stereocenters. The van der Waals surface area contributed by atoms with Crippen LogP contribution in [0.5, 0.6) is 11.5 Å². The van der Waals surface area contributed by atoms with Gasteiger partial charge < -0.3 is 19.2 Å². The van der Waals surface area contributed by atoms with Crippen LogP contribution in [0.2, 0.25) is 0 Å². The van der Waals surface area contributed by atoms with Gasteiger partial charge in [0.15, 0.2) is 5.43 Å². The van der Waals surface area contributed by atoms with Crippen molar-refractivity contribution >= 4 is 11.0 Å². The minimum absolute atomic E-state index is 0.0705. The monoisotopic (exact) mass is 379 g/mol. The summed E-state index contributed by atoms with van der Waals surface area (Å²) in [6, 6.07) is 13.5. The van der Waals surface area contributed by atoms with Crippen LogP contribution in [-0.4, -0.2) is 36.2 Å². The maximum absolute atomic E-state index is 12.3. The Bertz CT molecular complexity index is 988. The molecule has 28 heavy (non-hydrogen) atoms. The molecule has 1 fully saturated rings. The summed E-state index contributed by atoms with van der Waals surface area (Å²) >= 11 is 0. The molecule has 2 heterocycles. The highest BCUT2D eigenvalue weighted by molar-refractivity contribution is 5.80. The van der Waals surface area contributed by atoms with Crippen LogP contribution in [0.25, 0.3) is 22.3 Å². The normalized spacial score (nSPS) is 15.0. The first-order chi connectivity index (χ1) is 13.7. The number of hydrogen-bond donors (Lipinski definition) is 1. The molecule has 5 nitrogen and oxygen atoms in total. The second kappa shape index (κ2) is 8.48. The van der Waals surface area contributed by atoms with Gasteiger partial charge in [-0.05, 0) is 68.8 Å². The molecule has 5 heteroatoms. The lowest BCUT2D eigenvalue weighted by Gasteiger charge is -2.26. The van der Waals surface area contributed by atoms with Crippen LogP contribution in [0.3, 0.4) is 0 Å². The van der Waals surface area contributed by atoms with Crippen molar-refractivity contribution in [3.63, 3.8) is 0 Å². The minimum atomic E-state index is -0.130. The molecular formula is C23H25NO4. The van der Waals surface area contributed by atoms with E-state index in [1.54, 1.807) is 6.07 Å². The van der Waals surface area contributed by atoms with Gasteiger partial charge in [0.05, 0.1) is 12.0 Å². The van der Waals surface area contributed by atoms with Crippen molar-refractivity contribution in [3.05, 3.63) is 58.8 Å². The Morgan fingerprint density at radius 1 is 1.00 bits per heavy atom. The summed E-state index contributed by atoms with van der Waals surface area (Å²) in [6.07, 6.45) is 5.00. The number of benzene rings is 2. The Balaban J connectivity index is 1.39. The van der Waals surface area contributed by atoms with Gasteiger partial charge in [0.2, 0.25) is 0 Å². The highest BCUT2D eigenvalue weighted by atomic mass is 16.5. The first-order valence-corrected chi connectivity index (χ1v) is 9.91. The Morgan fingerprint density at radius 2 is 1.79 bits per heavy atom. The van der Waals surface area contributed by atoms with Gasteiger partial charge >= 0.3 is 0 Å². The molecule has 0 amide bonds. The summed E-state index contributed by atoms with van der Waals surface area (Å²) < 4.78 is 11.7. The molecule has 3 aromatic rings. The minimum Gasteiger partial charge on any atom is -0.508 e. The zero-order valence-electron chi connectivity index (χ0n) is 15.9. The first kappa shape index (κ1) is 18.6. The van der Waals surface area contributed by atoms with E-state index in [1.807, 2.05) is 24.3 Å². The van der Waals surface area contributed by atoms with E-state index in [-0.39, 0.29) is 11.2 Å². The number of aromatic hydroxyl groups is 1. The summed E-state index contributed by atoms with van der Waals surface area (Å²) in [6.45, 7) is 4.21. The molecule has 1 N–H and O–H groups in total. The van der Waals surface area contributed by atoms with Gasteiger partial charge in [0.25, 0.3) is 0 Å². The number of hydrogen-bond acceptors (Lipinski definition) is 5. The molecule has 0 atom stereocenters. The molecule has 0 saturated carbocycles. The molecule has 2 aromatic carbocycles. The highest BCUT2D eigenvalue weighted by Gasteiger charge is 2.10. The number of nitrogens with zero attached hydrogens (tertiary/aromatic N) is 1. The van der Waals surface area contributed by atoms with E-state index >= 15 is 0 Å². The fourth-order valence-corrected chi connectivity index (χ4v) is 3.66. The first-order valence-electron chi connectivity index (χ1n) is 9.91. The van der Waals surface area contributed by atoms with E-state index in [1.165, 1.54) is 50.6 Å². The van der Waals surface area contributed by atoms with E-state index in [0.717, 1.165) is 24.3 Å². The smallest absolute Gasteiger partial charge is 0.193 e. The third-order valence-electron chi connectivity index (χ3n) is 5.19. The summed E-state index contributed by atoms with van der Waals surface area (Å²) in [5.74, 6) is 1.35. The number of phenolic OH excluding ortho intramolecular Hbond substituents is 1. The topological polar surface area (TPSA) is 62.9 Å². The van der Waals surface area contributed by atoms with Crippen molar-refractivity contribution in [1.82, 2.24) is 4.90 Å². The maximum atomic E-state index is 12.3. The van der Waals surface area contributed by atoms with Crippen LogP contribution in [0.1, 0.15) is 25.7 Å². The molecule has 4 rings (SSSR count). The van der Waals surface area contributed by atoms with Crippen molar-refractivity contribution < 1.29 is 14.3 Å². The van der Waals surface area contributed by atoms with Crippen molar-refractivity contribution in [2.45, 2.75) is 25.7 Å². The number of fused-ring (bicyclic) bond motifs is 1. The van der Waals surface area contributed by atoms with Crippen molar-refractivity contribution in [2.75, 3.05) is 26.2 Å². The number of rotatable bonds is 6. The van der Waals surface area contributed by atoms with E-state index in [2.05, 4.69) is 4.90 Å². The third kappa shape index (κ3) is 4.37. The summed E-state index contributed by atoms with van der Waals surface area (Å²) in [4.78, 5) is 14.8. The van der Waals surface area contributed by atoms with Crippen LogP contribution in [-0.2, 0) is 0 Å². The van der Waals surface area contributed by atoms with Crippen molar-refractivity contribution in [1.29, 1.82) is 0 Å². The van der Waals surface area contributed by atoms with Gasteiger partial charge in [0.1, 0.15) is 22.8 Å². The second-order valence-electron chi connectivity index (χ2n) is 7.28. The van der Waals surface area contributed by atoms with Crippen LogP contribution in [0.4, 0.5) is 0 Å². The Hall–Kier alpha value is -2.79. The van der Waals surface area contributed by atoms with Crippen molar-refractivity contribution in [2.24, 2.45) is 0 Å². The largest absolute Gasteiger partial charge is 0.508 e. The third-order valence-corrected chi connectivity index (χ3v) is 5.19. The van der Waals surface area contributed by atoms with Crippen LogP contribution in [0.15, 0.2) is 57.7 Å². The molecule has 1 aliphatic rings. The molecular weight excluding hydrogens is 354 g/mol. The fraction of sp³-hybridized carbons (Fsp3) is 0.348. The van der Waals surface area contributed by atoms with Crippen LogP contribution in [0, 0.1) is 0 Å². The van der Waals surface area contributed by atoms with Crippen LogP contribution < -0.4 is 10.2 Å². The average Bonchev–Trinajstić information content (AvgIpc) is 2.72. The molecule has 1 aromatic heterocycles. The van der Waals surface area contributed by atoms with Gasteiger partial charge in [-0.3, -0.25) is 4.79 Å². The quantitative estimate of drug-likeness (QED) is 0.643. The summed E-state index contributed by atoms with van der Waals surface area (Å²) in [7, 11) is 0. The van der Waals surface area contributed by atoms with Gasteiger partial charge in [-0.25, -0.2) is 0 Å². The number of piperidine rings is 1. The van der Waals surface area contributed by atoms with Gasteiger partial charge in [-0.2, -0.15) is 0 Å². The summed E-state index contributed by atoms with van der Waals surface area (Å²) in [5, 5.41) is 10.1. The lowest BCUT2D eigenvalue weighted by molar-refractivity contribution is 0.205. The average molecular weight is 379 g/mol. The molecule has 1 aliphatic heterocycles. The lowest BCUT2D eigenvalue weighted by atomic mass is 10.1. The lowest BCUT2D eigenvalue weighted by Crippen LogP contribution is -2.31. The number of phenols is 1. The molecule has 0 radical (unpaired) electrons. The Kier molecular flexibility index (Phi) is 5.63. The van der Waals surface area contributed by atoms with E-state index in [4.69, 9.17) is 9.15 Å². The van der Waals surface area contributed by atoms with E-state index in [9.17, 15) is 9.90 Å². The maximum Gasteiger partial charge on any atom is 0.193 e. The Labute approximate surface area is 164 Å². The predicted octanol–water partition coefficient (Wildman–Crippen LogP) is 4.42. The van der Waals surface area contributed by atoms with E-state index in [0.29, 0.717) is 23.3 Å². The Morgan fingerprint density at radius 3 is 2.57 bits per heavy atom. The standard InChI is InChI=1S/C23H25NO4/c25-18-7-10-20-21(26)16-22(28-23(20)15-18)17-5-8-19(9-6-17)27-14-4-13-24-11-2-1-3-12-24/h5-10,15-16,25H,1-4,11-14H2. The second-order valence-corrected chi connectivity index (χ2v) is 7.28. The SMILES string of the molecule is O=c1cc(-c2ccc(OCCCN3CCCCC3)cc2)oc2cc(O)ccc12. The zero-order chi connectivity index (χ0) is 19.3. The van der Waals surface area contributed by atoms with Crippen LogP contribution >= 0.6 is 0 Å². The highest BCUT2D eigenvalue weighted by Crippen LogP contribution is 2.26. The molecule has 0 aliphatic carbocycles. The fourth-order valence-electron chi connectivity index (χ4n) is 3.66. The molecule has 146 valence electrons. The zero-order valence-corrected chi connectivity index (χ0v) is 15.9. The number of likely N-dealkylation sites (tertiary alicyclic amines) is 1.